The Kier molecular flexibility index (Phi) is 9.91. The number of nitrogens with one attached hydrogen (secondary N) is 2. The van der Waals surface area contributed by atoms with Gasteiger partial charge in [-0.15, -0.1) is 0 Å². The minimum Gasteiger partial charge on any atom is -0.497 e. The predicted octanol–water partition coefficient (Wildman–Crippen LogP) is 4.84. The van der Waals surface area contributed by atoms with E-state index in [1.165, 1.54) is 20.4 Å². The van der Waals surface area contributed by atoms with Crippen LogP contribution in [0.3, 0.4) is 0 Å². The van der Waals surface area contributed by atoms with Crippen LogP contribution in [0.15, 0.2) is 64.2 Å². The van der Waals surface area contributed by atoms with Crippen molar-refractivity contribution in [1.29, 1.82) is 0 Å². The van der Waals surface area contributed by atoms with Gasteiger partial charge in [0.05, 0.1) is 37.2 Å². The molecule has 0 spiro atoms. The zero-order chi connectivity index (χ0) is 26.8. The third-order valence-corrected chi connectivity index (χ3v) is 5.63. The van der Waals surface area contributed by atoms with Crippen molar-refractivity contribution in [2.45, 2.75) is 20.5 Å². The van der Waals surface area contributed by atoms with Crippen LogP contribution in [0.25, 0.3) is 0 Å². The number of carbonyl (C=O) groups excluding carboxylic acids is 2. The van der Waals surface area contributed by atoms with Gasteiger partial charge in [0.25, 0.3) is 0 Å². The highest BCUT2D eigenvalue weighted by atomic mass is 79.9. The number of hydrazone groups is 1. The summed E-state index contributed by atoms with van der Waals surface area (Å²) in [5.41, 5.74) is 5.31. The van der Waals surface area contributed by atoms with Gasteiger partial charge in [0.1, 0.15) is 18.1 Å². The lowest BCUT2D eigenvalue weighted by molar-refractivity contribution is -0.136. The van der Waals surface area contributed by atoms with Gasteiger partial charge in [-0.1, -0.05) is 29.8 Å². The normalized spacial score (nSPS) is 10.6. The van der Waals surface area contributed by atoms with E-state index in [9.17, 15) is 9.59 Å². The number of hydrogen-bond donors (Lipinski definition) is 2. The van der Waals surface area contributed by atoms with Crippen LogP contribution in [0.1, 0.15) is 23.6 Å². The number of anilines is 1. The minimum atomic E-state index is -0.955. The Morgan fingerprint density at radius 2 is 1.78 bits per heavy atom. The molecule has 0 aliphatic rings. The summed E-state index contributed by atoms with van der Waals surface area (Å²) in [5, 5.41) is 6.38. The molecule has 0 radical (unpaired) electrons. The maximum absolute atomic E-state index is 12.3. The summed E-state index contributed by atoms with van der Waals surface area (Å²) in [7, 11) is 2.95. The Morgan fingerprint density at radius 1 is 0.973 bits per heavy atom. The molecule has 3 aromatic carbocycles. The summed E-state index contributed by atoms with van der Waals surface area (Å²) in [6, 6.07) is 16.4. The number of benzene rings is 3. The van der Waals surface area contributed by atoms with Crippen LogP contribution >= 0.6 is 15.9 Å². The van der Waals surface area contributed by atoms with Crippen molar-refractivity contribution in [2.75, 3.05) is 26.1 Å². The van der Waals surface area contributed by atoms with E-state index in [1.54, 1.807) is 30.3 Å². The highest BCUT2D eigenvalue weighted by molar-refractivity contribution is 9.10. The SMILES string of the molecule is CCOc1cc(C=NNC(=O)C(=O)Nc2cc(OC)ccc2OC)cc(Br)c1OCc1cccc(C)c1. The zero-order valence-corrected chi connectivity index (χ0v) is 22.5. The van der Waals surface area contributed by atoms with Crippen LogP contribution in [0.2, 0.25) is 0 Å². The van der Waals surface area contributed by atoms with E-state index in [0.717, 1.165) is 11.1 Å². The first-order valence-corrected chi connectivity index (χ1v) is 12.1. The number of ether oxygens (including phenoxy) is 4. The first-order valence-electron chi connectivity index (χ1n) is 11.4. The van der Waals surface area contributed by atoms with E-state index < -0.39 is 11.8 Å². The van der Waals surface area contributed by atoms with E-state index in [4.69, 9.17) is 18.9 Å². The molecule has 0 aromatic heterocycles. The second kappa shape index (κ2) is 13.3. The van der Waals surface area contributed by atoms with E-state index in [0.29, 0.717) is 46.2 Å². The predicted molar refractivity (Wildman–Crippen MR) is 145 cm³/mol. The number of carbonyl (C=O) groups is 2. The standard InChI is InChI=1S/C27H28BrN3O6/c1-5-36-24-13-19(12-21(28)25(24)37-16-18-8-6-7-17(2)11-18)15-29-31-27(33)26(32)30-22-14-20(34-3)9-10-23(22)35-4/h6-15H,5,16H2,1-4H3,(H,30,32)(H,31,33). The van der Waals surface area contributed by atoms with Gasteiger partial charge in [0, 0.05) is 6.07 Å². The Morgan fingerprint density at radius 3 is 2.49 bits per heavy atom. The van der Waals surface area contributed by atoms with E-state index in [1.807, 2.05) is 32.0 Å². The fraction of sp³-hybridized carbons (Fsp3) is 0.222. The van der Waals surface area contributed by atoms with Crippen molar-refractivity contribution in [1.82, 2.24) is 5.43 Å². The Labute approximate surface area is 223 Å². The quantitative estimate of drug-likeness (QED) is 0.205. The van der Waals surface area contributed by atoms with Gasteiger partial charge in [-0.2, -0.15) is 5.10 Å². The summed E-state index contributed by atoms with van der Waals surface area (Å²) < 4.78 is 22.8. The Balaban J connectivity index is 1.67. The largest absolute Gasteiger partial charge is 0.497 e. The lowest BCUT2D eigenvalue weighted by Gasteiger charge is -2.15. The molecule has 0 fully saturated rings. The monoisotopic (exact) mass is 569 g/mol. The van der Waals surface area contributed by atoms with Crippen molar-refractivity contribution >= 4 is 39.6 Å². The van der Waals surface area contributed by atoms with Crippen LogP contribution in [-0.2, 0) is 16.2 Å². The number of halogens is 1. The highest BCUT2D eigenvalue weighted by Crippen LogP contribution is 2.37. The van der Waals surface area contributed by atoms with Gasteiger partial charge in [-0.25, -0.2) is 5.43 Å². The number of amides is 2. The summed E-state index contributed by atoms with van der Waals surface area (Å²) >= 11 is 3.52. The second-order valence-corrected chi connectivity index (χ2v) is 8.61. The van der Waals surface area contributed by atoms with Gasteiger partial charge in [-0.05, 0) is 65.2 Å². The van der Waals surface area contributed by atoms with Gasteiger partial charge < -0.3 is 24.3 Å². The van der Waals surface area contributed by atoms with E-state index in [2.05, 4.69) is 37.8 Å². The van der Waals surface area contributed by atoms with Gasteiger partial charge in [-0.3, -0.25) is 9.59 Å². The summed E-state index contributed by atoms with van der Waals surface area (Å²) in [4.78, 5) is 24.6. The molecule has 0 aliphatic carbocycles. The molecule has 2 amide bonds. The molecular weight excluding hydrogens is 542 g/mol. The number of methoxy groups -OCH3 is 2. The average Bonchev–Trinajstić information content (AvgIpc) is 2.88. The maximum Gasteiger partial charge on any atom is 0.329 e. The van der Waals surface area contributed by atoms with Crippen molar-refractivity contribution in [3.8, 4) is 23.0 Å². The second-order valence-electron chi connectivity index (χ2n) is 7.76. The van der Waals surface area contributed by atoms with Crippen LogP contribution in [0.4, 0.5) is 5.69 Å². The number of rotatable bonds is 10. The van der Waals surface area contributed by atoms with Crippen LogP contribution in [-0.4, -0.2) is 38.9 Å². The van der Waals surface area contributed by atoms with Crippen molar-refractivity contribution < 1.29 is 28.5 Å². The molecular formula is C27H28BrN3O6. The average molecular weight is 570 g/mol. The highest BCUT2D eigenvalue weighted by Gasteiger charge is 2.16. The Hall–Kier alpha value is -4.05. The summed E-state index contributed by atoms with van der Waals surface area (Å²) in [6.07, 6.45) is 1.40. The first-order chi connectivity index (χ1) is 17.8. The molecule has 37 heavy (non-hydrogen) atoms. The third kappa shape index (κ3) is 7.71. The van der Waals surface area contributed by atoms with Gasteiger partial charge in [0.2, 0.25) is 0 Å². The molecule has 3 rings (SSSR count). The molecule has 9 nitrogen and oxygen atoms in total. The van der Waals surface area contributed by atoms with Crippen LogP contribution < -0.4 is 29.7 Å². The summed E-state index contributed by atoms with van der Waals surface area (Å²) in [5.74, 6) is 0.0689. The molecule has 2 N–H and O–H groups in total. The lowest BCUT2D eigenvalue weighted by Crippen LogP contribution is -2.32. The Bertz CT molecular complexity index is 1300. The molecule has 10 heteroatoms. The van der Waals surface area contributed by atoms with E-state index in [-0.39, 0.29) is 5.69 Å². The third-order valence-electron chi connectivity index (χ3n) is 5.04. The van der Waals surface area contributed by atoms with E-state index >= 15 is 0 Å². The van der Waals surface area contributed by atoms with Crippen molar-refractivity contribution in [2.24, 2.45) is 5.10 Å². The topological polar surface area (TPSA) is 107 Å². The van der Waals surface area contributed by atoms with Crippen molar-refractivity contribution in [3.05, 3.63) is 75.8 Å². The molecule has 0 aliphatic heterocycles. The maximum atomic E-state index is 12.3. The van der Waals surface area contributed by atoms with Crippen LogP contribution in [0, 0.1) is 6.92 Å². The molecule has 0 saturated carbocycles. The first kappa shape index (κ1) is 27.5. The van der Waals surface area contributed by atoms with Crippen LogP contribution in [0.5, 0.6) is 23.0 Å². The number of hydrogen-bond acceptors (Lipinski definition) is 7. The zero-order valence-electron chi connectivity index (χ0n) is 21.0. The summed E-state index contributed by atoms with van der Waals surface area (Å²) in [6.45, 7) is 4.70. The number of nitrogens with zero attached hydrogens (tertiary/aromatic N) is 1. The molecule has 0 unspecified atom stereocenters. The fourth-order valence-corrected chi connectivity index (χ4v) is 3.90. The van der Waals surface area contributed by atoms with Gasteiger partial charge in [0.15, 0.2) is 11.5 Å². The molecule has 3 aromatic rings. The molecule has 0 bridgehead atoms. The van der Waals surface area contributed by atoms with Crippen molar-refractivity contribution in [3.63, 3.8) is 0 Å². The molecule has 0 atom stereocenters. The minimum absolute atomic E-state index is 0.289. The lowest BCUT2D eigenvalue weighted by atomic mass is 10.1. The molecule has 0 saturated heterocycles. The molecule has 194 valence electrons. The fourth-order valence-electron chi connectivity index (χ4n) is 3.33. The smallest absolute Gasteiger partial charge is 0.329 e. The number of aryl methyl sites for hydroxylation is 1. The van der Waals surface area contributed by atoms with Gasteiger partial charge >= 0.3 is 11.8 Å². The molecule has 0 heterocycles.